The molecule has 1 aromatic heterocycles. The number of ether oxygens (including phenoxy) is 1. The lowest BCUT2D eigenvalue weighted by Gasteiger charge is -2.15. The van der Waals surface area contributed by atoms with Crippen LogP contribution in [0.5, 0.6) is 5.75 Å². The van der Waals surface area contributed by atoms with Crippen LogP contribution in [0.2, 0.25) is 10.0 Å². The van der Waals surface area contributed by atoms with E-state index in [1.807, 2.05) is 0 Å². The quantitative estimate of drug-likeness (QED) is 0.734. The smallest absolute Gasteiger partial charge is 0.417 e. The van der Waals surface area contributed by atoms with Gasteiger partial charge < -0.3 is 14.5 Å². The Labute approximate surface area is 146 Å². The van der Waals surface area contributed by atoms with Gasteiger partial charge in [0.2, 0.25) is 0 Å². The Balaban J connectivity index is 1.71. The molecular formula is C16H12Cl2N2O4. The fraction of sp³-hybridized carbons (Fsp3) is 0.125. The predicted octanol–water partition coefficient (Wildman–Crippen LogP) is 3.83. The molecule has 0 fully saturated rings. The third kappa shape index (κ3) is 3.55. The summed E-state index contributed by atoms with van der Waals surface area (Å²) in [6.45, 7) is 1.60. The number of carbonyl (C=O) groups excluding carboxylic acids is 1. The molecule has 8 heteroatoms. The van der Waals surface area contributed by atoms with Crippen LogP contribution in [0.15, 0.2) is 45.6 Å². The number of nitrogens with one attached hydrogen (secondary N) is 2. The molecule has 124 valence electrons. The molecule has 0 saturated heterocycles. The van der Waals surface area contributed by atoms with Crippen LogP contribution in [-0.4, -0.2) is 17.0 Å². The maximum atomic E-state index is 12.2. The zero-order valence-electron chi connectivity index (χ0n) is 12.4. The third-order valence-corrected chi connectivity index (χ3v) is 3.78. The normalized spacial score (nSPS) is 12.1. The Kier molecular flexibility index (Phi) is 4.51. The van der Waals surface area contributed by atoms with Crippen LogP contribution in [0.1, 0.15) is 6.92 Å². The van der Waals surface area contributed by atoms with Gasteiger partial charge >= 0.3 is 5.76 Å². The Morgan fingerprint density at radius 3 is 2.79 bits per heavy atom. The summed E-state index contributed by atoms with van der Waals surface area (Å²) >= 11 is 11.8. The van der Waals surface area contributed by atoms with Crippen LogP contribution < -0.4 is 15.8 Å². The molecule has 1 heterocycles. The van der Waals surface area contributed by atoms with E-state index in [1.54, 1.807) is 37.3 Å². The van der Waals surface area contributed by atoms with Crippen LogP contribution in [0.25, 0.3) is 11.1 Å². The second kappa shape index (κ2) is 6.59. The Morgan fingerprint density at radius 1 is 1.25 bits per heavy atom. The third-order valence-electron chi connectivity index (χ3n) is 3.25. The summed E-state index contributed by atoms with van der Waals surface area (Å²) < 4.78 is 10.4. The molecule has 0 bridgehead atoms. The van der Waals surface area contributed by atoms with E-state index in [9.17, 15) is 9.59 Å². The average Bonchev–Trinajstić information content (AvgIpc) is 2.89. The van der Waals surface area contributed by atoms with Crippen LogP contribution in [-0.2, 0) is 4.79 Å². The molecule has 1 atom stereocenters. The van der Waals surface area contributed by atoms with Crippen LogP contribution >= 0.6 is 23.2 Å². The fourth-order valence-electron chi connectivity index (χ4n) is 2.09. The summed E-state index contributed by atoms with van der Waals surface area (Å²) in [6.07, 6.45) is -0.789. The Bertz CT molecular complexity index is 964. The number of anilines is 1. The largest absolute Gasteiger partial charge is 0.479 e. The zero-order valence-corrected chi connectivity index (χ0v) is 13.9. The van der Waals surface area contributed by atoms with E-state index in [-0.39, 0.29) is 5.91 Å². The molecule has 0 saturated carbocycles. The molecule has 1 unspecified atom stereocenters. The summed E-state index contributed by atoms with van der Waals surface area (Å²) in [4.78, 5) is 25.9. The highest BCUT2D eigenvalue weighted by Gasteiger charge is 2.17. The van der Waals surface area contributed by atoms with E-state index < -0.39 is 11.9 Å². The van der Waals surface area contributed by atoms with E-state index in [0.29, 0.717) is 32.6 Å². The van der Waals surface area contributed by atoms with Crippen molar-refractivity contribution in [3.8, 4) is 5.75 Å². The van der Waals surface area contributed by atoms with E-state index in [0.717, 1.165) is 0 Å². The lowest BCUT2D eigenvalue weighted by Crippen LogP contribution is -2.30. The summed E-state index contributed by atoms with van der Waals surface area (Å²) in [5.74, 6) is -0.563. The van der Waals surface area contributed by atoms with Crippen molar-refractivity contribution in [1.82, 2.24) is 4.98 Å². The van der Waals surface area contributed by atoms with Gasteiger partial charge in [-0.2, -0.15) is 0 Å². The number of amides is 1. The molecule has 3 rings (SSSR count). The number of rotatable bonds is 4. The first-order chi connectivity index (χ1) is 11.4. The van der Waals surface area contributed by atoms with Crippen molar-refractivity contribution in [3.05, 3.63) is 57.0 Å². The highest BCUT2D eigenvalue weighted by Crippen LogP contribution is 2.28. The molecule has 2 aromatic carbocycles. The molecule has 2 N–H and O–H groups in total. The maximum absolute atomic E-state index is 12.2. The first kappa shape index (κ1) is 16.4. The summed E-state index contributed by atoms with van der Waals surface area (Å²) in [5, 5.41) is 3.49. The van der Waals surface area contributed by atoms with Gasteiger partial charge in [0.1, 0.15) is 5.75 Å². The van der Waals surface area contributed by atoms with Crippen molar-refractivity contribution >= 4 is 45.9 Å². The molecule has 0 spiro atoms. The van der Waals surface area contributed by atoms with Crippen molar-refractivity contribution in [2.45, 2.75) is 13.0 Å². The summed E-state index contributed by atoms with van der Waals surface area (Å²) in [7, 11) is 0. The molecule has 0 aliphatic carbocycles. The topological polar surface area (TPSA) is 84.3 Å². The Hall–Kier alpha value is -2.44. The lowest BCUT2D eigenvalue weighted by molar-refractivity contribution is -0.122. The SMILES string of the molecule is CC(Oc1ccc(Cl)cc1Cl)C(=O)Nc1ccc2oc(=O)[nH]c2c1. The highest BCUT2D eigenvalue weighted by molar-refractivity contribution is 6.35. The molecule has 1 amide bonds. The average molecular weight is 367 g/mol. The second-order valence-electron chi connectivity index (χ2n) is 5.05. The van der Waals surface area contributed by atoms with Gasteiger partial charge in [-0.15, -0.1) is 0 Å². The first-order valence-electron chi connectivity index (χ1n) is 6.98. The molecule has 6 nitrogen and oxygen atoms in total. The molecule has 0 aliphatic rings. The van der Waals surface area contributed by atoms with Gasteiger partial charge in [-0.05, 0) is 43.3 Å². The molecular weight excluding hydrogens is 355 g/mol. The standard InChI is InChI=1S/C16H12Cl2N2O4/c1-8(23-13-4-2-9(17)6-11(13)18)15(21)19-10-3-5-14-12(7-10)20-16(22)24-14/h2-8H,1H3,(H,19,21)(H,20,22). The number of oxazole rings is 1. The number of aromatic nitrogens is 1. The first-order valence-corrected chi connectivity index (χ1v) is 7.73. The minimum Gasteiger partial charge on any atom is -0.479 e. The number of benzene rings is 2. The number of halogens is 2. The van der Waals surface area contributed by atoms with E-state index in [1.165, 1.54) is 6.07 Å². The van der Waals surface area contributed by atoms with Crippen LogP contribution in [0, 0.1) is 0 Å². The van der Waals surface area contributed by atoms with Crippen molar-refractivity contribution < 1.29 is 13.9 Å². The lowest BCUT2D eigenvalue weighted by atomic mass is 10.2. The fourth-order valence-corrected chi connectivity index (χ4v) is 2.54. The van der Waals surface area contributed by atoms with Crippen molar-refractivity contribution in [2.24, 2.45) is 0 Å². The van der Waals surface area contributed by atoms with Crippen LogP contribution in [0.4, 0.5) is 5.69 Å². The van der Waals surface area contributed by atoms with Gasteiger partial charge in [-0.25, -0.2) is 4.79 Å². The van der Waals surface area contributed by atoms with Crippen molar-refractivity contribution in [1.29, 1.82) is 0 Å². The van der Waals surface area contributed by atoms with E-state index in [2.05, 4.69) is 10.3 Å². The molecule has 3 aromatic rings. The summed E-state index contributed by atoms with van der Waals surface area (Å²) in [6, 6.07) is 9.56. The summed E-state index contributed by atoms with van der Waals surface area (Å²) in [5.41, 5.74) is 1.41. The van der Waals surface area contributed by atoms with Gasteiger partial charge in [0.05, 0.1) is 10.5 Å². The minimum absolute atomic E-state index is 0.319. The number of carbonyl (C=O) groups is 1. The van der Waals surface area contributed by atoms with Crippen molar-refractivity contribution in [2.75, 3.05) is 5.32 Å². The molecule has 24 heavy (non-hydrogen) atoms. The number of fused-ring (bicyclic) bond motifs is 1. The van der Waals surface area contributed by atoms with Gasteiger partial charge in [0, 0.05) is 10.7 Å². The van der Waals surface area contributed by atoms with Crippen molar-refractivity contribution in [3.63, 3.8) is 0 Å². The number of aromatic amines is 1. The minimum atomic E-state index is -0.789. The van der Waals surface area contributed by atoms with E-state index >= 15 is 0 Å². The molecule has 0 aliphatic heterocycles. The number of H-pyrrole nitrogens is 1. The van der Waals surface area contributed by atoms with Gasteiger partial charge in [0.15, 0.2) is 11.7 Å². The monoisotopic (exact) mass is 366 g/mol. The molecule has 0 radical (unpaired) electrons. The number of hydrogen-bond donors (Lipinski definition) is 2. The second-order valence-corrected chi connectivity index (χ2v) is 5.89. The number of hydrogen-bond acceptors (Lipinski definition) is 4. The van der Waals surface area contributed by atoms with Gasteiger partial charge in [-0.3, -0.25) is 9.78 Å². The maximum Gasteiger partial charge on any atom is 0.417 e. The van der Waals surface area contributed by atoms with Gasteiger partial charge in [-0.1, -0.05) is 23.2 Å². The Morgan fingerprint density at radius 2 is 2.04 bits per heavy atom. The van der Waals surface area contributed by atoms with Gasteiger partial charge in [0.25, 0.3) is 5.91 Å². The zero-order chi connectivity index (χ0) is 17.3. The van der Waals surface area contributed by atoms with Crippen LogP contribution in [0.3, 0.4) is 0 Å². The highest BCUT2D eigenvalue weighted by atomic mass is 35.5. The predicted molar refractivity (Wildman–Crippen MR) is 92.0 cm³/mol. The van der Waals surface area contributed by atoms with E-state index in [4.69, 9.17) is 32.4 Å².